The van der Waals surface area contributed by atoms with Gasteiger partial charge in [-0.1, -0.05) is 0 Å². The van der Waals surface area contributed by atoms with Gasteiger partial charge in [0.1, 0.15) is 4.90 Å². The summed E-state index contributed by atoms with van der Waals surface area (Å²) in [6.07, 6.45) is 3.97. The molecule has 0 radical (unpaired) electrons. The minimum absolute atomic E-state index is 0.211. The van der Waals surface area contributed by atoms with Crippen LogP contribution in [0.2, 0.25) is 0 Å². The molecule has 3 saturated carbocycles. The van der Waals surface area contributed by atoms with Crippen molar-refractivity contribution < 1.29 is 8.42 Å². The van der Waals surface area contributed by atoms with E-state index in [1.165, 1.54) is 30.6 Å². The molecular formula is C15H22N2O2S2. The lowest BCUT2D eigenvalue weighted by molar-refractivity contribution is 0.456. The number of hydrogen-bond donors (Lipinski definition) is 2. The van der Waals surface area contributed by atoms with E-state index in [9.17, 15) is 8.42 Å². The lowest BCUT2D eigenvalue weighted by Gasteiger charge is -2.12. The van der Waals surface area contributed by atoms with Crippen LogP contribution in [0, 0.1) is 30.6 Å². The number of fused-ring (bicyclic) bond motifs is 5. The molecule has 4 atom stereocenters. The largest absolute Gasteiger partial charge is 0.315 e. The molecule has 3 aliphatic carbocycles. The minimum Gasteiger partial charge on any atom is -0.315 e. The molecule has 2 bridgehead atoms. The molecule has 6 heteroatoms. The van der Waals surface area contributed by atoms with Gasteiger partial charge in [0, 0.05) is 17.5 Å². The van der Waals surface area contributed by atoms with Gasteiger partial charge < -0.3 is 5.32 Å². The molecule has 1 aromatic heterocycles. The predicted octanol–water partition coefficient (Wildman–Crippen LogP) is 2.10. The van der Waals surface area contributed by atoms with Gasteiger partial charge in [-0.15, -0.1) is 11.3 Å². The summed E-state index contributed by atoms with van der Waals surface area (Å²) in [6, 6.07) is 0.211. The van der Waals surface area contributed by atoms with Crippen molar-refractivity contribution in [2.75, 3.05) is 7.05 Å². The van der Waals surface area contributed by atoms with Crippen LogP contribution in [0.3, 0.4) is 0 Å². The highest BCUT2D eigenvalue weighted by molar-refractivity contribution is 7.89. The smallest absolute Gasteiger partial charge is 0.242 e. The summed E-state index contributed by atoms with van der Waals surface area (Å²) in [6.45, 7) is 2.50. The molecule has 4 nitrogen and oxygen atoms in total. The SMILES string of the molecule is CNCc1scc(C)c1S(=O)(=O)NC1C2C3CCC(C3)C12. The average molecular weight is 326 g/mol. The lowest BCUT2D eigenvalue weighted by Crippen LogP contribution is -2.31. The molecule has 4 rings (SSSR count). The zero-order valence-electron chi connectivity index (χ0n) is 12.4. The lowest BCUT2D eigenvalue weighted by atomic mass is 10.0. The number of rotatable bonds is 5. The summed E-state index contributed by atoms with van der Waals surface area (Å²) >= 11 is 1.53. The van der Waals surface area contributed by atoms with Crippen LogP contribution in [0.5, 0.6) is 0 Å². The Morgan fingerprint density at radius 1 is 1.29 bits per heavy atom. The zero-order valence-corrected chi connectivity index (χ0v) is 14.1. The van der Waals surface area contributed by atoms with Gasteiger partial charge in [0.05, 0.1) is 0 Å². The van der Waals surface area contributed by atoms with E-state index < -0.39 is 10.0 Å². The molecule has 1 aromatic rings. The molecule has 3 aliphatic rings. The van der Waals surface area contributed by atoms with Gasteiger partial charge in [0.2, 0.25) is 10.0 Å². The molecule has 0 saturated heterocycles. The van der Waals surface area contributed by atoms with Crippen LogP contribution < -0.4 is 10.0 Å². The standard InChI is InChI=1S/C15H22N2O2S2/c1-8-7-20-11(6-16-2)15(8)21(18,19)17-14-12-9-3-4-10(5-9)13(12)14/h7,9-10,12-14,16-17H,3-6H2,1-2H3. The van der Waals surface area contributed by atoms with Crippen LogP contribution in [-0.4, -0.2) is 21.5 Å². The second-order valence-corrected chi connectivity index (χ2v) is 9.45. The van der Waals surface area contributed by atoms with E-state index in [1.54, 1.807) is 0 Å². The second kappa shape index (κ2) is 4.78. The molecule has 0 amide bonds. The van der Waals surface area contributed by atoms with Crippen molar-refractivity contribution in [3.8, 4) is 0 Å². The van der Waals surface area contributed by atoms with Crippen LogP contribution in [0.15, 0.2) is 10.3 Å². The Hall–Kier alpha value is -0.430. The number of aryl methyl sites for hydroxylation is 1. The van der Waals surface area contributed by atoms with Gasteiger partial charge in [-0.25, -0.2) is 13.1 Å². The summed E-state index contributed by atoms with van der Waals surface area (Å²) in [7, 11) is -1.53. The third-order valence-corrected chi connectivity index (χ3v) is 8.54. The quantitative estimate of drug-likeness (QED) is 0.871. The number of nitrogens with one attached hydrogen (secondary N) is 2. The van der Waals surface area contributed by atoms with Crippen molar-refractivity contribution in [3.63, 3.8) is 0 Å². The molecule has 0 spiro atoms. The van der Waals surface area contributed by atoms with E-state index in [0.717, 1.165) is 22.3 Å². The first-order valence-corrected chi connectivity index (χ1v) is 10.1. The van der Waals surface area contributed by atoms with E-state index in [1.807, 2.05) is 19.4 Å². The highest BCUT2D eigenvalue weighted by Gasteiger charge is 2.65. The number of thiophene rings is 1. The van der Waals surface area contributed by atoms with Crippen molar-refractivity contribution in [3.05, 3.63) is 15.8 Å². The van der Waals surface area contributed by atoms with Crippen molar-refractivity contribution in [1.82, 2.24) is 10.0 Å². The van der Waals surface area contributed by atoms with Crippen molar-refractivity contribution in [2.24, 2.45) is 23.7 Å². The third-order valence-electron chi connectivity index (χ3n) is 5.62. The Bertz CT molecular complexity index is 651. The monoisotopic (exact) mass is 326 g/mol. The Balaban J connectivity index is 1.57. The van der Waals surface area contributed by atoms with Gasteiger partial charge in [-0.3, -0.25) is 0 Å². The Morgan fingerprint density at radius 3 is 2.57 bits per heavy atom. The maximum absolute atomic E-state index is 12.8. The molecule has 21 heavy (non-hydrogen) atoms. The van der Waals surface area contributed by atoms with Gasteiger partial charge in [0.25, 0.3) is 0 Å². The van der Waals surface area contributed by atoms with Gasteiger partial charge >= 0.3 is 0 Å². The summed E-state index contributed by atoms with van der Waals surface area (Å²) in [5.41, 5.74) is 0.867. The molecular weight excluding hydrogens is 304 g/mol. The second-order valence-electron chi connectivity index (χ2n) is 6.84. The average Bonchev–Trinajstić information content (AvgIpc) is 2.83. The summed E-state index contributed by atoms with van der Waals surface area (Å²) in [5.74, 6) is 2.83. The molecule has 116 valence electrons. The first-order valence-electron chi connectivity index (χ1n) is 7.77. The predicted molar refractivity (Wildman–Crippen MR) is 83.7 cm³/mol. The van der Waals surface area contributed by atoms with Gasteiger partial charge in [0.15, 0.2) is 0 Å². The van der Waals surface area contributed by atoms with Crippen LogP contribution in [0.1, 0.15) is 29.7 Å². The maximum atomic E-state index is 12.8. The van der Waals surface area contributed by atoms with Crippen LogP contribution >= 0.6 is 11.3 Å². The molecule has 0 aliphatic heterocycles. The van der Waals surface area contributed by atoms with Crippen LogP contribution in [-0.2, 0) is 16.6 Å². The third kappa shape index (κ3) is 2.11. The first-order chi connectivity index (χ1) is 10.0. The summed E-state index contributed by atoms with van der Waals surface area (Å²) in [5, 5.41) is 5.00. The fourth-order valence-electron chi connectivity index (χ4n) is 4.85. The Morgan fingerprint density at radius 2 is 1.95 bits per heavy atom. The molecule has 0 aromatic carbocycles. The Kier molecular flexibility index (Phi) is 3.23. The topological polar surface area (TPSA) is 58.2 Å². The van der Waals surface area contributed by atoms with Crippen molar-refractivity contribution in [2.45, 2.75) is 43.7 Å². The van der Waals surface area contributed by atoms with E-state index in [2.05, 4.69) is 10.0 Å². The summed E-state index contributed by atoms with van der Waals surface area (Å²) < 4.78 is 28.6. The van der Waals surface area contributed by atoms with Crippen molar-refractivity contribution in [1.29, 1.82) is 0 Å². The van der Waals surface area contributed by atoms with E-state index in [-0.39, 0.29) is 6.04 Å². The van der Waals surface area contributed by atoms with Crippen molar-refractivity contribution >= 4 is 21.4 Å². The van der Waals surface area contributed by atoms with E-state index in [0.29, 0.717) is 23.3 Å². The van der Waals surface area contributed by atoms with Gasteiger partial charge in [-0.05, 0) is 67.8 Å². The van der Waals surface area contributed by atoms with Crippen LogP contribution in [0.4, 0.5) is 0 Å². The maximum Gasteiger partial charge on any atom is 0.242 e. The fourth-order valence-corrected chi connectivity index (χ4v) is 7.98. The van der Waals surface area contributed by atoms with E-state index >= 15 is 0 Å². The normalized spacial score (nSPS) is 37.0. The fraction of sp³-hybridized carbons (Fsp3) is 0.733. The molecule has 1 heterocycles. The highest BCUT2D eigenvalue weighted by Crippen LogP contribution is 2.65. The first kappa shape index (κ1) is 14.2. The zero-order chi connectivity index (χ0) is 14.8. The number of hydrogen-bond acceptors (Lipinski definition) is 4. The molecule has 3 fully saturated rings. The summed E-state index contributed by atoms with van der Waals surface area (Å²) in [4.78, 5) is 1.43. The number of sulfonamides is 1. The highest BCUT2D eigenvalue weighted by atomic mass is 32.2. The van der Waals surface area contributed by atoms with E-state index in [4.69, 9.17) is 0 Å². The Labute approximate surface area is 130 Å². The van der Waals surface area contributed by atoms with Crippen LogP contribution in [0.25, 0.3) is 0 Å². The minimum atomic E-state index is -3.38. The molecule has 2 N–H and O–H groups in total. The van der Waals surface area contributed by atoms with Gasteiger partial charge in [-0.2, -0.15) is 0 Å². The molecule has 4 unspecified atom stereocenters.